The van der Waals surface area contributed by atoms with Crippen molar-refractivity contribution in [1.29, 1.82) is 0 Å². The molecule has 4 atom stereocenters. The standard InChI is InChI=1S/C18H16N2O3/c21-17(14-11-6-7-12(9-11)15(14)18(22)23)20-13-5-1-3-10-4-2-8-19-16(10)13/h1-8,11-12,14-15H,9H2,(H,20,21)(H,22,23)/t11-,12+,14+,15-/m0/s1. The Morgan fingerprint density at radius 2 is 1.83 bits per heavy atom. The molecular weight excluding hydrogens is 292 g/mol. The van der Waals surface area contributed by atoms with E-state index in [4.69, 9.17) is 0 Å². The SMILES string of the molecule is O=C(O)[C@@H]1[C@H](C(=O)Nc2cccc3cccnc23)[C@H]2C=C[C@@H]1C2. The quantitative estimate of drug-likeness (QED) is 0.854. The lowest BCUT2D eigenvalue weighted by Crippen LogP contribution is -2.36. The van der Waals surface area contributed by atoms with Gasteiger partial charge in [-0.15, -0.1) is 0 Å². The minimum absolute atomic E-state index is 0.0176. The van der Waals surface area contributed by atoms with Crippen molar-refractivity contribution in [2.75, 3.05) is 5.32 Å². The van der Waals surface area contributed by atoms with Crippen LogP contribution >= 0.6 is 0 Å². The molecule has 116 valence electrons. The minimum atomic E-state index is -0.891. The van der Waals surface area contributed by atoms with E-state index in [2.05, 4.69) is 10.3 Å². The van der Waals surface area contributed by atoms with E-state index in [9.17, 15) is 14.7 Å². The molecule has 4 rings (SSSR count). The van der Waals surface area contributed by atoms with Gasteiger partial charge in [-0.05, 0) is 30.4 Å². The first-order valence-corrected chi connectivity index (χ1v) is 7.71. The normalized spacial score (nSPS) is 28.2. The third-order valence-electron chi connectivity index (χ3n) is 4.94. The first-order chi connectivity index (χ1) is 11.1. The van der Waals surface area contributed by atoms with Crippen LogP contribution in [0.25, 0.3) is 10.9 Å². The van der Waals surface area contributed by atoms with Gasteiger partial charge < -0.3 is 10.4 Å². The van der Waals surface area contributed by atoms with Gasteiger partial charge in [-0.3, -0.25) is 14.6 Å². The summed E-state index contributed by atoms with van der Waals surface area (Å²) in [5, 5.41) is 13.3. The fraction of sp³-hybridized carbons (Fsp3) is 0.278. The Bertz CT molecular complexity index is 825. The number of carbonyl (C=O) groups is 2. The number of aliphatic carboxylic acids is 1. The number of nitrogens with zero attached hydrogens (tertiary/aromatic N) is 1. The largest absolute Gasteiger partial charge is 0.481 e. The van der Waals surface area contributed by atoms with Crippen molar-refractivity contribution in [3.8, 4) is 0 Å². The summed E-state index contributed by atoms with van der Waals surface area (Å²) >= 11 is 0. The molecule has 2 aromatic rings. The molecule has 2 bridgehead atoms. The van der Waals surface area contributed by atoms with Gasteiger partial charge in [0.05, 0.1) is 23.0 Å². The number of allylic oxidation sites excluding steroid dienone is 2. The number of amides is 1. The fourth-order valence-electron chi connectivity index (χ4n) is 3.94. The van der Waals surface area contributed by atoms with E-state index in [0.717, 1.165) is 11.8 Å². The van der Waals surface area contributed by atoms with Crippen LogP contribution in [0.2, 0.25) is 0 Å². The Morgan fingerprint density at radius 3 is 2.61 bits per heavy atom. The highest BCUT2D eigenvalue weighted by molar-refractivity contribution is 6.02. The molecule has 1 aromatic heterocycles. The number of carbonyl (C=O) groups excluding carboxylic acids is 1. The van der Waals surface area contributed by atoms with Crippen LogP contribution in [-0.4, -0.2) is 22.0 Å². The molecule has 1 saturated carbocycles. The number of fused-ring (bicyclic) bond motifs is 3. The van der Waals surface area contributed by atoms with Gasteiger partial charge in [0.25, 0.3) is 0 Å². The maximum absolute atomic E-state index is 12.7. The van der Waals surface area contributed by atoms with E-state index in [0.29, 0.717) is 11.2 Å². The molecule has 0 radical (unpaired) electrons. The molecule has 1 heterocycles. The number of hydrogen-bond acceptors (Lipinski definition) is 3. The summed E-state index contributed by atoms with van der Waals surface area (Å²) in [6, 6.07) is 9.35. The number of carboxylic acid groups (broad SMARTS) is 1. The Balaban J connectivity index is 1.65. The minimum Gasteiger partial charge on any atom is -0.481 e. The van der Waals surface area contributed by atoms with Gasteiger partial charge >= 0.3 is 5.97 Å². The van der Waals surface area contributed by atoms with Crippen LogP contribution in [0.15, 0.2) is 48.7 Å². The molecule has 23 heavy (non-hydrogen) atoms. The third-order valence-corrected chi connectivity index (χ3v) is 4.94. The first kappa shape index (κ1) is 13.9. The van der Waals surface area contributed by atoms with E-state index in [-0.39, 0.29) is 17.7 Å². The van der Waals surface area contributed by atoms with Gasteiger partial charge in [0.2, 0.25) is 5.91 Å². The number of hydrogen-bond donors (Lipinski definition) is 2. The lowest BCUT2D eigenvalue weighted by molar-refractivity contribution is -0.146. The van der Waals surface area contributed by atoms with Gasteiger partial charge in [-0.2, -0.15) is 0 Å². The van der Waals surface area contributed by atoms with Crippen molar-refractivity contribution >= 4 is 28.5 Å². The molecule has 1 amide bonds. The highest BCUT2D eigenvalue weighted by atomic mass is 16.4. The Hall–Kier alpha value is -2.69. The average molecular weight is 308 g/mol. The zero-order valence-electron chi connectivity index (χ0n) is 12.3. The maximum Gasteiger partial charge on any atom is 0.307 e. The van der Waals surface area contributed by atoms with E-state index in [1.807, 2.05) is 36.4 Å². The lowest BCUT2D eigenvalue weighted by Gasteiger charge is -2.24. The summed E-state index contributed by atoms with van der Waals surface area (Å²) in [4.78, 5) is 28.6. The number of benzene rings is 1. The van der Waals surface area contributed by atoms with Gasteiger partial charge in [0.15, 0.2) is 0 Å². The predicted molar refractivity (Wildman–Crippen MR) is 85.7 cm³/mol. The second-order valence-corrected chi connectivity index (χ2v) is 6.21. The Morgan fingerprint density at radius 1 is 1.09 bits per heavy atom. The van der Waals surface area contributed by atoms with E-state index in [1.165, 1.54) is 0 Å². The summed E-state index contributed by atoms with van der Waals surface area (Å²) in [6.07, 6.45) is 6.35. The summed E-state index contributed by atoms with van der Waals surface area (Å²) < 4.78 is 0. The molecule has 0 unspecified atom stereocenters. The average Bonchev–Trinajstić information content (AvgIpc) is 3.16. The van der Waals surface area contributed by atoms with Gasteiger partial charge in [-0.1, -0.05) is 30.4 Å². The summed E-state index contributed by atoms with van der Waals surface area (Å²) in [5.41, 5.74) is 1.35. The first-order valence-electron chi connectivity index (χ1n) is 7.71. The van der Waals surface area contributed by atoms with E-state index < -0.39 is 17.8 Å². The number of carboxylic acids is 1. The molecule has 2 N–H and O–H groups in total. The molecule has 0 aliphatic heterocycles. The number of aromatic nitrogens is 1. The third kappa shape index (κ3) is 2.20. The van der Waals surface area contributed by atoms with E-state index >= 15 is 0 Å². The van der Waals surface area contributed by atoms with Crippen molar-refractivity contribution in [2.45, 2.75) is 6.42 Å². The topological polar surface area (TPSA) is 79.3 Å². The Kier molecular flexibility index (Phi) is 3.15. The monoisotopic (exact) mass is 308 g/mol. The second-order valence-electron chi connectivity index (χ2n) is 6.21. The fourth-order valence-corrected chi connectivity index (χ4v) is 3.94. The molecular formula is C18H16N2O3. The summed E-state index contributed by atoms with van der Waals surface area (Å²) in [7, 11) is 0. The van der Waals surface area contributed by atoms with Crippen LogP contribution in [-0.2, 0) is 9.59 Å². The van der Waals surface area contributed by atoms with Crippen LogP contribution in [0.3, 0.4) is 0 Å². The molecule has 1 fully saturated rings. The van der Waals surface area contributed by atoms with Crippen molar-refractivity contribution in [2.24, 2.45) is 23.7 Å². The number of anilines is 1. The van der Waals surface area contributed by atoms with Crippen molar-refractivity contribution < 1.29 is 14.7 Å². The Labute approximate surface area is 133 Å². The van der Waals surface area contributed by atoms with Crippen LogP contribution in [0.1, 0.15) is 6.42 Å². The van der Waals surface area contributed by atoms with Crippen molar-refractivity contribution in [1.82, 2.24) is 4.98 Å². The zero-order chi connectivity index (χ0) is 16.0. The zero-order valence-corrected chi connectivity index (χ0v) is 12.3. The molecule has 0 spiro atoms. The highest BCUT2D eigenvalue weighted by Gasteiger charge is 2.51. The molecule has 5 heteroatoms. The van der Waals surface area contributed by atoms with Crippen molar-refractivity contribution in [3.63, 3.8) is 0 Å². The van der Waals surface area contributed by atoms with Crippen molar-refractivity contribution in [3.05, 3.63) is 48.7 Å². The van der Waals surface area contributed by atoms with Gasteiger partial charge in [-0.25, -0.2) is 0 Å². The molecule has 0 saturated heterocycles. The number of pyridine rings is 1. The molecule has 1 aromatic carbocycles. The summed E-state index contributed by atoms with van der Waals surface area (Å²) in [5.74, 6) is -2.28. The van der Waals surface area contributed by atoms with Crippen LogP contribution in [0.4, 0.5) is 5.69 Å². The number of para-hydroxylation sites is 1. The molecule has 5 nitrogen and oxygen atoms in total. The van der Waals surface area contributed by atoms with Gasteiger partial charge in [0.1, 0.15) is 0 Å². The maximum atomic E-state index is 12.7. The van der Waals surface area contributed by atoms with Crippen LogP contribution < -0.4 is 5.32 Å². The molecule has 2 aliphatic carbocycles. The lowest BCUT2D eigenvalue weighted by atomic mass is 9.82. The molecule has 2 aliphatic rings. The highest BCUT2D eigenvalue weighted by Crippen LogP contribution is 2.48. The van der Waals surface area contributed by atoms with Crippen LogP contribution in [0, 0.1) is 23.7 Å². The predicted octanol–water partition coefficient (Wildman–Crippen LogP) is 2.70. The smallest absolute Gasteiger partial charge is 0.307 e. The van der Waals surface area contributed by atoms with E-state index in [1.54, 1.807) is 12.3 Å². The van der Waals surface area contributed by atoms with Gasteiger partial charge in [0, 0.05) is 11.6 Å². The summed E-state index contributed by atoms with van der Waals surface area (Å²) in [6.45, 7) is 0. The number of rotatable bonds is 3. The second kappa shape index (κ2) is 5.19. The number of nitrogens with one attached hydrogen (secondary N) is 1. The van der Waals surface area contributed by atoms with Crippen LogP contribution in [0.5, 0.6) is 0 Å².